The van der Waals surface area contributed by atoms with E-state index >= 15 is 0 Å². The fourth-order valence-electron chi connectivity index (χ4n) is 1.56. The van der Waals surface area contributed by atoms with Crippen LogP contribution >= 0.6 is 0 Å². The number of nitrogens with one attached hydrogen (secondary N) is 1. The molecule has 17 heavy (non-hydrogen) atoms. The van der Waals surface area contributed by atoms with Gasteiger partial charge in [-0.25, -0.2) is 4.79 Å². The maximum atomic E-state index is 11.4. The number of ether oxygens (including phenoxy) is 1. The molecule has 94 valence electrons. The van der Waals surface area contributed by atoms with Gasteiger partial charge in [0.15, 0.2) is 0 Å². The average Bonchev–Trinajstić information content (AvgIpc) is 2.26. The van der Waals surface area contributed by atoms with E-state index in [0.29, 0.717) is 12.3 Å². The van der Waals surface area contributed by atoms with Crippen LogP contribution in [0.15, 0.2) is 18.2 Å². The number of benzene rings is 1. The van der Waals surface area contributed by atoms with E-state index in [1.54, 1.807) is 6.07 Å². The van der Waals surface area contributed by atoms with Crippen molar-refractivity contribution in [2.45, 2.75) is 20.3 Å². The third kappa shape index (κ3) is 3.98. The van der Waals surface area contributed by atoms with Crippen LogP contribution in [-0.4, -0.2) is 26.7 Å². The second kappa shape index (κ2) is 6.13. The maximum absolute atomic E-state index is 11.4. The second-order valence-corrected chi connectivity index (χ2v) is 4.16. The van der Waals surface area contributed by atoms with Crippen LogP contribution in [0.1, 0.15) is 18.9 Å². The zero-order valence-corrected chi connectivity index (χ0v) is 10.9. The van der Waals surface area contributed by atoms with Crippen LogP contribution < -0.4 is 15.0 Å². The summed E-state index contributed by atoms with van der Waals surface area (Å²) < 4.78 is 5.16. The number of hydrogen-bond acceptors (Lipinski definition) is 3. The van der Waals surface area contributed by atoms with Crippen molar-refractivity contribution in [2.75, 3.05) is 25.5 Å². The number of rotatable bonds is 4. The highest BCUT2D eigenvalue weighted by Crippen LogP contribution is 2.23. The molecule has 0 aliphatic carbocycles. The van der Waals surface area contributed by atoms with Gasteiger partial charge in [-0.1, -0.05) is 6.92 Å². The highest BCUT2D eigenvalue weighted by molar-refractivity contribution is 5.70. The van der Waals surface area contributed by atoms with Gasteiger partial charge in [-0.15, -0.1) is 0 Å². The number of carbonyl (C=O) groups excluding carboxylic acids is 1. The van der Waals surface area contributed by atoms with E-state index in [0.717, 1.165) is 17.7 Å². The molecule has 0 aliphatic rings. The van der Waals surface area contributed by atoms with E-state index in [9.17, 15) is 4.79 Å². The van der Waals surface area contributed by atoms with E-state index in [-0.39, 0.29) is 0 Å². The Morgan fingerprint density at radius 1 is 1.41 bits per heavy atom. The molecule has 1 N–H and O–H groups in total. The van der Waals surface area contributed by atoms with Gasteiger partial charge in [-0.3, -0.25) is 0 Å². The Bertz CT molecular complexity index is 389. The van der Waals surface area contributed by atoms with Crippen LogP contribution in [0.5, 0.6) is 5.75 Å². The second-order valence-electron chi connectivity index (χ2n) is 4.16. The van der Waals surface area contributed by atoms with Crippen LogP contribution in [0.3, 0.4) is 0 Å². The Hall–Kier alpha value is -1.71. The number of aryl methyl sites for hydroxylation is 1. The summed E-state index contributed by atoms with van der Waals surface area (Å²) in [5.41, 5.74) is 2.20. The van der Waals surface area contributed by atoms with Gasteiger partial charge in [-0.05, 0) is 37.1 Å². The summed E-state index contributed by atoms with van der Waals surface area (Å²) in [4.78, 5) is 13.4. The molecule has 0 aromatic heterocycles. The molecule has 1 aromatic rings. The quantitative estimate of drug-likeness (QED) is 0.873. The van der Waals surface area contributed by atoms with Gasteiger partial charge < -0.3 is 15.0 Å². The van der Waals surface area contributed by atoms with Gasteiger partial charge in [0.2, 0.25) is 0 Å². The van der Waals surface area contributed by atoms with Crippen molar-refractivity contribution in [3.8, 4) is 5.75 Å². The first-order valence-corrected chi connectivity index (χ1v) is 5.78. The monoisotopic (exact) mass is 236 g/mol. The highest BCUT2D eigenvalue weighted by atomic mass is 16.6. The van der Waals surface area contributed by atoms with E-state index in [1.165, 1.54) is 0 Å². The summed E-state index contributed by atoms with van der Waals surface area (Å²) in [7, 11) is 3.97. The van der Waals surface area contributed by atoms with Gasteiger partial charge in [0, 0.05) is 26.3 Å². The Morgan fingerprint density at radius 2 is 2.12 bits per heavy atom. The molecule has 0 radical (unpaired) electrons. The van der Waals surface area contributed by atoms with Crippen LogP contribution in [-0.2, 0) is 0 Å². The van der Waals surface area contributed by atoms with E-state index in [2.05, 4.69) is 5.32 Å². The summed E-state index contributed by atoms with van der Waals surface area (Å²) in [6.45, 7) is 4.62. The Kier molecular flexibility index (Phi) is 4.82. The average molecular weight is 236 g/mol. The van der Waals surface area contributed by atoms with Crippen LogP contribution in [0.25, 0.3) is 0 Å². The summed E-state index contributed by atoms with van der Waals surface area (Å²) in [6, 6.07) is 5.60. The molecular weight excluding hydrogens is 216 g/mol. The van der Waals surface area contributed by atoms with Crippen molar-refractivity contribution in [1.82, 2.24) is 5.32 Å². The Morgan fingerprint density at radius 3 is 2.65 bits per heavy atom. The van der Waals surface area contributed by atoms with Crippen LogP contribution in [0.2, 0.25) is 0 Å². The fourth-order valence-corrected chi connectivity index (χ4v) is 1.56. The first-order valence-electron chi connectivity index (χ1n) is 5.78. The third-order valence-corrected chi connectivity index (χ3v) is 2.38. The molecular formula is C13H20N2O2. The number of hydrogen-bond donors (Lipinski definition) is 1. The Balaban J connectivity index is 2.67. The van der Waals surface area contributed by atoms with Gasteiger partial charge in [0.1, 0.15) is 5.75 Å². The van der Waals surface area contributed by atoms with Crippen molar-refractivity contribution >= 4 is 11.8 Å². The zero-order chi connectivity index (χ0) is 12.8. The minimum atomic E-state index is -0.399. The lowest BCUT2D eigenvalue weighted by Crippen LogP contribution is -2.27. The minimum Gasteiger partial charge on any atom is -0.410 e. The molecule has 0 spiro atoms. The van der Waals surface area contributed by atoms with E-state index in [1.807, 2.05) is 45.0 Å². The number of anilines is 1. The predicted molar refractivity (Wildman–Crippen MR) is 69.8 cm³/mol. The molecule has 4 nitrogen and oxygen atoms in total. The molecule has 1 amide bonds. The lowest BCUT2D eigenvalue weighted by atomic mass is 10.2. The van der Waals surface area contributed by atoms with Crippen molar-refractivity contribution in [3.63, 3.8) is 0 Å². The van der Waals surface area contributed by atoms with Gasteiger partial charge in [0.05, 0.1) is 0 Å². The molecule has 1 aromatic carbocycles. The van der Waals surface area contributed by atoms with Gasteiger partial charge in [-0.2, -0.15) is 0 Å². The standard InChI is InChI=1S/C13H20N2O2/c1-5-8-14-13(16)17-11-6-7-12(15(3)4)10(2)9-11/h6-7,9H,5,8H2,1-4H3,(H,14,16). The molecule has 0 atom stereocenters. The van der Waals surface area contributed by atoms with Crippen LogP contribution in [0.4, 0.5) is 10.5 Å². The first kappa shape index (κ1) is 13.4. The molecule has 0 fully saturated rings. The molecule has 1 rings (SSSR count). The largest absolute Gasteiger partial charge is 0.412 e. The summed E-state index contributed by atoms with van der Waals surface area (Å²) in [5.74, 6) is 0.571. The van der Waals surface area contributed by atoms with Gasteiger partial charge >= 0.3 is 6.09 Å². The highest BCUT2D eigenvalue weighted by Gasteiger charge is 2.06. The normalized spacial score (nSPS) is 9.88. The zero-order valence-electron chi connectivity index (χ0n) is 10.9. The van der Waals surface area contributed by atoms with Crippen molar-refractivity contribution in [1.29, 1.82) is 0 Å². The minimum absolute atomic E-state index is 0.399. The van der Waals surface area contributed by atoms with Gasteiger partial charge in [0.25, 0.3) is 0 Å². The smallest absolute Gasteiger partial charge is 0.410 e. The molecule has 4 heteroatoms. The van der Waals surface area contributed by atoms with E-state index in [4.69, 9.17) is 4.74 Å². The molecule has 0 saturated carbocycles. The third-order valence-electron chi connectivity index (χ3n) is 2.38. The predicted octanol–water partition coefficient (Wildman–Crippen LogP) is 2.56. The first-order chi connectivity index (χ1) is 8.04. The summed E-state index contributed by atoms with van der Waals surface area (Å²) in [6.07, 6.45) is 0.497. The molecule has 0 bridgehead atoms. The van der Waals surface area contributed by atoms with E-state index < -0.39 is 6.09 Å². The fraction of sp³-hybridized carbons (Fsp3) is 0.462. The lowest BCUT2D eigenvalue weighted by Gasteiger charge is -2.16. The number of amides is 1. The van der Waals surface area contributed by atoms with Crippen LogP contribution in [0, 0.1) is 6.92 Å². The number of carbonyl (C=O) groups is 1. The summed E-state index contributed by atoms with van der Waals surface area (Å²) >= 11 is 0. The topological polar surface area (TPSA) is 41.6 Å². The molecule has 0 heterocycles. The van der Waals surface area contributed by atoms with Crippen molar-refractivity contribution in [3.05, 3.63) is 23.8 Å². The number of nitrogens with zero attached hydrogens (tertiary/aromatic N) is 1. The Labute approximate surface area is 103 Å². The summed E-state index contributed by atoms with van der Waals surface area (Å²) in [5, 5.41) is 2.67. The maximum Gasteiger partial charge on any atom is 0.412 e. The molecule has 0 saturated heterocycles. The van der Waals surface area contributed by atoms with Crippen molar-refractivity contribution < 1.29 is 9.53 Å². The molecule has 0 aliphatic heterocycles. The SMILES string of the molecule is CCCNC(=O)Oc1ccc(N(C)C)c(C)c1. The lowest BCUT2D eigenvalue weighted by molar-refractivity contribution is 0.200. The molecule has 0 unspecified atom stereocenters. The van der Waals surface area contributed by atoms with Crippen molar-refractivity contribution in [2.24, 2.45) is 0 Å².